The third-order valence-electron chi connectivity index (χ3n) is 11.4. The molecule has 0 saturated carbocycles. The molecule has 0 spiro atoms. The zero-order valence-corrected chi connectivity index (χ0v) is 29.9. The van der Waals surface area contributed by atoms with E-state index in [9.17, 15) is 0 Å². The Hall–Kier alpha value is -6.96. The molecule has 1 aliphatic rings. The largest absolute Gasteiger partial charge is 0.309 e. The average Bonchev–Trinajstić information content (AvgIpc) is 3.23. The van der Waals surface area contributed by atoms with E-state index in [-0.39, 0.29) is 0 Å². The Balaban J connectivity index is 1.13. The molecule has 0 N–H and O–H groups in total. The minimum atomic E-state index is 1.13. The van der Waals surface area contributed by atoms with Gasteiger partial charge in [-0.15, -0.1) is 0 Å². The maximum absolute atomic E-state index is 2.49. The summed E-state index contributed by atoms with van der Waals surface area (Å²) in [4.78, 5) is 2.49. The molecular formula is C53H35N. The van der Waals surface area contributed by atoms with E-state index in [2.05, 4.69) is 206 Å². The highest BCUT2D eigenvalue weighted by atomic mass is 15.1. The number of hydrogen-bond donors (Lipinski definition) is 0. The van der Waals surface area contributed by atoms with Crippen LogP contribution in [0.4, 0.5) is 17.1 Å². The Morgan fingerprint density at radius 1 is 0.315 bits per heavy atom. The predicted molar refractivity (Wildman–Crippen MR) is 231 cm³/mol. The van der Waals surface area contributed by atoms with Crippen LogP contribution in [-0.2, 0) is 0 Å². The van der Waals surface area contributed by atoms with Crippen molar-refractivity contribution in [1.82, 2.24) is 0 Å². The van der Waals surface area contributed by atoms with Gasteiger partial charge in [-0.25, -0.2) is 0 Å². The molecule has 0 aromatic heterocycles. The number of fused-ring (bicyclic) bond motifs is 9. The molecular weight excluding hydrogens is 651 g/mol. The van der Waals surface area contributed by atoms with Crippen LogP contribution in [-0.4, -0.2) is 0 Å². The Labute approximate surface area is 315 Å². The topological polar surface area (TPSA) is 3.24 Å². The van der Waals surface area contributed by atoms with Gasteiger partial charge in [0.1, 0.15) is 0 Å². The van der Waals surface area contributed by atoms with Gasteiger partial charge in [-0.3, -0.25) is 0 Å². The monoisotopic (exact) mass is 685 g/mol. The minimum absolute atomic E-state index is 1.13. The van der Waals surface area contributed by atoms with Crippen LogP contribution in [0.25, 0.3) is 87.6 Å². The highest BCUT2D eigenvalue weighted by Gasteiger charge is 2.26. The van der Waals surface area contributed by atoms with E-state index >= 15 is 0 Å². The zero-order valence-electron chi connectivity index (χ0n) is 29.9. The second-order valence-corrected chi connectivity index (χ2v) is 14.6. The molecule has 54 heavy (non-hydrogen) atoms. The Morgan fingerprint density at radius 2 is 0.796 bits per heavy atom. The van der Waals surface area contributed by atoms with Gasteiger partial charge in [0.15, 0.2) is 0 Å². The van der Waals surface area contributed by atoms with Gasteiger partial charge in [0.05, 0.1) is 5.69 Å². The number of hydrogen-bond acceptors (Lipinski definition) is 1. The first-order valence-electron chi connectivity index (χ1n) is 18.8. The quantitative estimate of drug-likeness (QED) is 0.163. The van der Waals surface area contributed by atoms with E-state index in [1.807, 2.05) is 0 Å². The molecule has 1 aliphatic carbocycles. The maximum Gasteiger partial charge on any atom is 0.0624 e. The molecule has 0 bridgehead atoms. The lowest BCUT2D eigenvalue weighted by molar-refractivity contribution is 1.30. The van der Waals surface area contributed by atoms with Gasteiger partial charge in [-0.2, -0.15) is 0 Å². The molecule has 0 atom stereocenters. The molecule has 0 amide bonds. The van der Waals surface area contributed by atoms with Gasteiger partial charge in [0.25, 0.3) is 0 Å². The summed E-state index contributed by atoms with van der Waals surface area (Å²) in [5.74, 6) is 0. The summed E-state index contributed by atoms with van der Waals surface area (Å²) in [6, 6.07) is 71.7. The van der Waals surface area contributed by atoms with E-state index in [0.717, 1.165) is 11.4 Å². The van der Waals surface area contributed by atoms with Crippen LogP contribution >= 0.6 is 0 Å². The van der Waals surface area contributed by atoms with Crippen molar-refractivity contribution < 1.29 is 0 Å². The first-order valence-corrected chi connectivity index (χ1v) is 18.8. The summed E-state index contributed by atoms with van der Waals surface area (Å²) in [7, 11) is 0. The van der Waals surface area contributed by atoms with Crippen molar-refractivity contribution in [3.8, 4) is 44.5 Å². The van der Waals surface area contributed by atoms with Gasteiger partial charge < -0.3 is 4.90 Å². The van der Waals surface area contributed by atoms with Gasteiger partial charge in [-0.1, -0.05) is 145 Å². The number of anilines is 3. The van der Waals surface area contributed by atoms with E-state index in [1.165, 1.54) is 98.8 Å². The highest BCUT2D eigenvalue weighted by Crippen LogP contribution is 2.53. The lowest BCUT2D eigenvalue weighted by atomic mass is 9.77. The minimum Gasteiger partial charge on any atom is -0.309 e. The predicted octanol–water partition coefficient (Wildman–Crippen LogP) is 15.1. The molecule has 0 saturated heterocycles. The third kappa shape index (κ3) is 4.79. The summed E-state index contributed by atoms with van der Waals surface area (Å²) >= 11 is 0. The Bertz CT molecular complexity index is 3090. The molecule has 11 rings (SSSR count). The lowest BCUT2D eigenvalue weighted by Gasteiger charge is -2.31. The smallest absolute Gasteiger partial charge is 0.0624 e. The van der Waals surface area contributed by atoms with E-state index in [0.29, 0.717) is 0 Å². The van der Waals surface area contributed by atoms with Crippen molar-refractivity contribution >= 4 is 60.2 Å². The van der Waals surface area contributed by atoms with Crippen molar-refractivity contribution in [2.45, 2.75) is 6.92 Å². The fourth-order valence-corrected chi connectivity index (χ4v) is 8.71. The van der Waals surface area contributed by atoms with Crippen LogP contribution in [0.1, 0.15) is 5.56 Å². The third-order valence-corrected chi connectivity index (χ3v) is 11.4. The van der Waals surface area contributed by atoms with Crippen LogP contribution in [0.5, 0.6) is 0 Å². The first-order chi connectivity index (χ1) is 26.7. The van der Waals surface area contributed by atoms with Crippen molar-refractivity contribution in [3.05, 3.63) is 200 Å². The molecule has 252 valence electrons. The van der Waals surface area contributed by atoms with Crippen LogP contribution in [0, 0.1) is 6.92 Å². The van der Waals surface area contributed by atoms with Gasteiger partial charge in [0.2, 0.25) is 0 Å². The van der Waals surface area contributed by atoms with E-state index < -0.39 is 0 Å². The second kappa shape index (κ2) is 12.0. The molecule has 0 heterocycles. The molecule has 10 aromatic rings. The molecule has 1 heteroatoms. The van der Waals surface area contributed by atoms with Crippen molar-refractivity contribution in [1.29, 1.82) is 0 Å². The number of benzene rings is 10. The summed E-state index contributed by atoms with van der Waals surface area (Å²) < 4.78 is 0. The zero-order chi connectivity index (χ0) is 35.8. The molecule has 0 fully saturated rings. The lowest BCUT2D eigenvalue weighted by Crippen LogP contribution is -2.12. The van der Waals surface area contributed by atoms with Crippen LogP contribution in [0.3, 0.4) is 0 Å². The SMILES string of the molecule is Cc1ccc(N(c2ccc3cc4c(cc3c2)-c2cc3cc(-c5ccccc5)ccc3cc2-4)c2c(-c3ccccc3)c3ccccc3c3ccccc23)cc1. The molecule has 0 radical (unpaired) electrons. The second-order valence-electron chi connectivity index (χ2n) is 14.6. The molecule has 1 nitrogen and oxygen atoms in total. The van der Waals surface area contributed by atoms with E-state index in [1.54, 1.807) is 0 Å². The molecule has 10 aromatic carbocycles. The van der Waals surface area contributed by atoms with Crippen LogP contribution in [0.2, 0.25) is 0 Å². The Morgan fingerprint density at radius 3 is 1.44 bits per heavy atom. The van der Waals surface area contributed by atoms with E-state index in [4.69, 9.17) is 0 Å². The fraction of sp³-hybridized carbons (Fsp3) is 0.0189. The Kier molecular flexibility index (Phi) is 6.84. The average molecular weight is 686 g/mol. The summed E-state index contributed by atoms with van der Waals surface area (Å²) in [5.41, 5.74) is 15.0. The first kappa shape index (κ1) is 30.6. The van der Waals surface area contributed by atoms with Crippen molar-refractivity contribution in [2.24, 2.45) is 0 Å². The molecule has 0 aliphatic heterocycles. The van der Waals surface area contributed by atoms with Gasteiger partial charge >= 0.3 is 0 Å². The summed E-state index contributed by atoms with van der Waals surface area (Å²) in [6.07, 6.45) is 0. The number of rotatable bonds is 5. The fourth-order valence-electron chi connectivity index (χ4n) is 8.71. The van der Waals surface area contributed by atoms with Crippen LogP contribution < -0.4 is 4.90 Å². The normalized spacial score (nSPS) is 11.8. The van der Waals surface area contributed by atoms with Crippen molar-refractivity contribution in [3.63, 3.8) is 0 Å². The summed E-state index contributed by atoms with van der Waals surface area (Å²) in [5, 5.41) is 10.0. The van der Waals surface area contributed by atoms with Crippen LogP contribution in [0.15, 0.2) is 194 Å². The van der Waals surface area contributed by atoms with Gasteiger partial charge in [-0.05, 0) is 138 Å². The summed E-state index contributed by atoms with van der Waals surface area (Å²) in [6.45, 7) is 2.16. The van der Waals surface area contributed by atoms with Gasteiger partial charge in [0, 0.05) is 22.3 Å². The number of nitrogens with zero attached hydrogens (tertiary/aromatic N) is 1. The number of aryl methyl sites for hydroxylation is 1. The van der Waals surface area contributed by atoms with Crippen molar-refractivity contribution in [2.75, 3.05) is 4.90 Å². The maximum atomic E-state index is 2.49. The molecule has 0 unspecified atom stereocenters. The standard InChI is InChI=1S/C53H35N/c1-34-20-25-42(26-21-34)54(53-47-19-11-9-17-45(47)44-16-8-10-18-46(44)52(53)36-14-6-3-7-15-36)43-27-24-39-31-49-48-30-38-23-22-37(35-12-4-2-5-13-35)28-40(38)32-50(48)51(49)33-41(39)29-43/h2-33H,1H3. The highest BCUT2D eigenvalue weighted by molar-refractivity contribution is 6.22.